The topological polar surface area (TPSA) is 31.3 Å². The van der Waals surface area contributed by atoms with Gasteiger partial charge in [0, 0.05) is 13.1 Å². The van der Waals surface area contributed by atoms with Gasteiger partial charge in [-0.1, -0.05) is 6.92 Å². The van der Waals surface area contributed by atoms with Crippen LogP contribution in [0.5, 0.6) is 0 Å². The van der Waals surface area contributed by atoms with E-state index < -0.39 is 6.61 Å². The van der Waals surface area contributed by atoms with Crippen molar-refractivity contribution in [2.24, 2.45) is 4.99 Å². The molecule has 0 spiro atoms. The Morgan fingerprint density at radius 2 is 2.14 bits per heavy atom. The molecule has 0 aromatic heterocycles. The molecule has 0 radical (unpaired) electrons. The van der Waals surface area contributed by atoms with Gasteiger partial charge in [0.1, 0.15) is 18.2 Å². The van der Waals surface area contributed by atoms with Crippen molar-refractivity contribution in [3.8, 4) is 0 Å². The first kappa shape index (κ1) is 15.0. The van der Waals surface area contributed by atoms with Crippen molar-refractivity contribution < 1.29 is 13.6 Å². The van der Waals surface area contributed by atoms with Crippen LogP contribution in [0.25, 0.3) is 0 Å². The lowest BCUT2D eigenvalue weighted by atomic mass is 10.0. The highest BCUT2D eigenvalue weighted by Crippen LogP contribution is 2.36. The van der Waals surface area contributed by atoms with Crippen molar-refractivity contribution >= 4 is 6.21 Å². The Hall–Kier alpha value is -1.89. The number of hydroxylamine groups is 2. The average Bonchev–Trinajstić information content (AvgIpc) is 2.85. The number of allylic oxidation sites excluding steroid dienone is 2. The summed E-state index contributed by atoms with van der Waals surface area (Å²) >= 11 is 0. The maximum Gasteiger partial charge on any atom is 0.365 e. The quantitative estimate of drug-likeness (QED) is 0.799. The minimum Gasteiger partial charge on any atom is -0.352 e. The van der Waals surface area contributed by atoms with Crippen LogP contribution < -0.4 is 0 Å². The summed E-state index contributed by atoms with van der Waals surface area (Å²) in [7, 11) is 0. The number of fused-ring (bicyclic) bond motifs is 2. The van der Waals surface area contributed by atoms with Crippen LogP contribution in [0.4, 0.5) is 8.78 Å². The summed E-state index contributed by atoms with van der Waals surface area (Å²) in [5, 5.41) is 1.16. The fourth-order valence-electron chi connectivity index (χ4n) is 2.98. The second kappa shape index (κ2) is 5.72. The van der Waals surface area contributed by atoms with Gasteiger partial charge in [-0.2, -0.15) is 8.78 Å². The van der Waals surface area contributed by atoms with Crippen molar-refractivity contribution in [2.75, 3.05) is 19.8 Å². The van der Waals surface area contributed by atoms with E-state index in [1.54, 1.807) is 12.4 Å². The normalized spacial score (nSPS) is 21.0. The molecule has 0 bridgehead atoms. The second-order valence-corrected chi connectivity index (χ2v) is 5.66. The zero-order chi connectivity index (χ0) is 15.9. The van der Waals surface area contributed by atoms with E-state index in [0.717, 1.165) is 47.4 Å². The highest BCUT2D eigenvalue weighted by Gasteiger charge is 2.35. The molecule has 120 valence electrons. The van der Waals surface area contributed by atoms with Crippen molar-refractivity contribution in [1.29, 1.82) is 0 Å². The van der Waals surface area contributed by atoms with Gasteiger partial charge in [0.05, 0.1) is 18.1 Å². The van der Waals surface area contributed by atoms with E-state index in [9.17, 15) is 8.78 Å². The summed E-state index contributed by atoms with van der Waals surface area (Å²) in [4.78, 5) is 13.3. The van der Waals surface area contributed by atoms with Crippen LogP contribution in [0.2, 0.25) is 0 Å². The summed E-state index contributed by atoms with van der Waals surface area (Å²) in [6, 6.07) is 0. The molecule has 3 aliphatic heterocycles. The lowest BCUT2D eigenvalue weighted by molar-refractivity contribution is -0.263. The maximum absolute atomic E-state index is 12.4. The van der Waals surface area contributed by atoms with Crippen LogP contribution >= 0.6 is 0 Å². The Labute approximate surface area is 128 Å². The van der Waals surface area contributed by atoms with Gasteiger partial charge >= 0.3 is 6.61 Å². The van der Waals surface area contributed by atoms with Crippen molar-refractivity contribution in [3.05, 3.63) is 34.6 Å². The van der Waals surface area contributed by atoms with Crippen LogP contribution in [-0.2, 0) is 4.84 Å². The van der Waals surface area contributed by atoms with Gasteiger partial charge in [0.15, 0.2) is 0 Å². The van der Waals surface area contributed by atoms with Crippen LogP contribution in [0.15, 0.2) is 39.6 Å². The van der Waals surface area contributed by atoms with E-state index in [4.69, 9.17) is 0 Å². The lowest BCUT2D eigenvalue weighted by Gasteiger charge is -2.40. The van der Waals surface area contributed by atoms with Gasteiger partial charge in [-0.05, 0) is 31.4 Å². The van der Waals surface area contributed by atoms with E-state index in [0.29, 0.717) is 0 Å². The molecule has 0 fully saturated rings. The standard InChI is InChI=1S/C15H20F2N4O/c1-4-5-19-7-10(2)11(3)13-14(19)21-9-20(22-15(16)17)8-12(21)6-18-13/h6,8,15H,4-5,7,9H2,1-3H3. The minimum atomic E-state index is -2.83. The van der Waals surface area contributed by atoms with Gasteiger partial charge < -0.3 is 9.80 Å². The first-order chi connectivity index (χ1) is 10.5. The van der Waals surface area contributed by atoms with Crippen LogP contribution in [0.3, 0.4) is 0 Å². The Morgan fingerprint density at radius 3 is 2.82 bits per heavy atom. The highest BCUT2D eigenvalue weighted by molar-refractivity contribution is 5.82. The number of hydrogen-bond acceptors (Lipinski definition) is 5. The zero-order valence-corrected chi connectivity index (χ0v) is 13.0. The molecule has 0 N–H and O–H groups in total. The summed E-state index contributed by atoms with van der Waals surface area (Å²) in [5.74, 6) is 0.985. The molecule has 0 aromatic rings. The Morgan fingerprint density at radius 1 is 1.36 bits per heavy atom. The van der Waals surface area contributed by atoms with Crippen LogP contribution in [0, 0.1) is 0 Å². The van der Waals surface area contributed by atoms with E-state index in [1.165, 1.54) is 5.57 Å². The van der Waals surface area contributed by atoms with Gasteiger partial charge in [0.25, 0.3) is 0 Å². The summed E-state index contributed by atoms with van der Waals surface area (Å²) in [6.45, 7) is 5.45. The predicted molar refractivity (Wildman–Crippen MR) is 79.5 cm³/mol. The van der Waals surface area contributed by atoms with Crippen LogP contribution in [0.1, 0.15) is 27.2 Å². The van der Waals surface area contributed by atoms with E-state index in [-0.39, 0.29) is 6.67 Å². The molecule has 3 rings (SSSR count). The summed E-state index contributed by atoms with van der Waals surface area (Å²) in [5.41, 5.74) is 4.14. The van der Waals surface area contributed by atoms with Gasteiger partial charge in [-0.15, -0.1) is 0 Å². The molecule has 0 amide bonds. The van der Waals surface area contributed by atoms with Crippen molar-refractivity contribution in [2.45, 2.75) is 33.8 Å². The molecule has 7 heteroatoms. The smallest absolute Gasteiger partial charge is 0.352 e. The van der Waals surface area contributed by atoms with E-state index in [1.807, 2.05) is 4.90 Å². The molecular formula is C15H20F2N4O. The number of halogens is 2. The predicted octanol–water partition coefficient (Wildman–Crippen LogP) is 2.87. The summed E-state index contributed by atoms with van der Waals surface area (Å²) in [6.07, 6.45) is 4.28. The molecule has 3 aliphatic rings. The maximum atomic E-state index is 12.4. The number of rotatable bonds is 4. The number of nitrogens with zero attached hydrogens (tertiary/aromatic N) is 4. The molecule has 22 heavy (non-hydrogen) atoms. The van der Waals surface area contributed by atoms with E-state index in [2.05, 4.69) is 35.5 Å². The average molecular weight is 310 g/mol. The molecule has 0 saturated heterocycles. The van der Waals surface area contributed by atoms with Crippen molar-refractivity contribution in [1.82, 2.24) is 14.9 Å². The van der Waals surface area contributed by atoms with Gasteiger partial charge in [-0.25, -0.2) is 9.90 Å². The molecule has 0 unspecified atom stereocenters. The number of alkyl halides is 2. The van der Waals surface area contributed by atoms with Crippen LogP contribution in [-0.4, -0.2) is 47.4 Å². The molecule has 0 atom stereocenters. The largest absolute Gasteiger partial charge is 0.365 e. The van der Waals surface area contributed by atoms with E-state index >= 15 is 0 Å². The second-order valence-electron chi connectivity index (χ2n) is 5.66. The fraction of sp³-hybridized carbons (Fsp3) is 0.533. The first-order valence-corrected chi connectivity index (χ1v) is 7.42. The third-order valence-corrected chi connectivity index (χ3v) is 4.09. The molecule has 5 nitrogen and oxygen atoms in total. The molecule has 3 heterocycles. The lowest BCUT2D eigenvalue weighted by Crippen LogP contribution is -2.42. The zero-order valence-electron chi connectivity index (χ0n) is 13.0. The molecular weight excluding hydrogens is 290 g/mol. The Kier molecular flexibility index (Phi) is 3.90. The van der Waals surface area contributed by atoms with Gasteiger partial charge in [0.2, 0.25) is 0 Å². The Bertz CT molecular complexity index is 594. The third kappa shape index (κ3) is 2.49. The van der Waals surface area contributed by atoms with Crippen molar-refractivity contribution in [3.63, 3.8) is 0 Å². The minimum absolute atomic E-state index is 0.247. The highest BCUT2D eigenvalue weighted by atomic mass is 19.3. The SMILES string of the molecule is CCCN1CC(C)=C(C)C2=C1N1CN(OC(F)F)C=C1C=N2. The number of hydrogen-bond donors (Lipinski definition) is 0. The summed E-state index contributed by atoms with van der Waals surface area (Å²) < 4.78 is 24.9. The fourth-order valence-corrected chi connectivity index (χ4v) is 2.98. The molecule has 0 saturated carbocycles. The molecule has 0 aromatic carbocycles. The third-order valence-electron chi connectivity index (χ3n) is 4.09. The molecule has 0 aliphatic carbocycles. The van der Waals surface area contributed by atoms with Gasteiger partial charge in [-0.3, -0.25) is 4.99 Å². The monoisotopic (exact) mass is 310 g/mol. The Balaban J connectivity index is 1.94. The first-order valence-electron chi connectivity index (χ1n) is 7.42. The number of aliphatic imine (C=N–C) groups is 1.